The van der Waals surface area contributed by atoms with Crippen LogP contribution in [0, 0.1) is 13.8 Å². The smallest absolute Gasteiger partial charge is 0.362 e. The van der Waals surface area contributed by atoms with E-state index in [1.807, 2.05) is 32.0 Å². The van der Waals surface area contributed by atoms with Gasteiger partial charge in [0, 0.05) is 12.2 Å². The highest BCUT2D eigenvalue weighted by atomic mass is 32.1. The molecule has 2 N–H and O–H groups in total. The van der Waals surface area contributed by atoms with Crippen molar-refractivity contribution in [3.63, 3.8) is 0 Å². The molecule has 0 aliphatic carbocycles. The molecule has 0 amide bonds. The average Bonchev–Trinajstić information content (AvgIpc) is 2.51. The number of nitrogens with one attached hydrogen (secondary N) is 2. The van der Waals surface area contributed by atoms with Gasteiger partial charge in [0.2, 0.25) is 0 Å². The van der Waals surface area contributed by atoms with Crippen molar-refractivity contribution in [3.05, 3.63) is 64.7 Å². The number of rotatable bonds is 4. The van der Waals surface area contributed by atoms with Crippen LogP contribution in [0.1, 0.15) is 22.3 Å². The van der Waals surface area contributed by atoms with Gasteiger partial charge in [-0.2, -0.15) is 13.2 Å². The van der Waals surface area contributed by atoms with Crippen LogP contribution in [-0.2, 0) is 12.6 Å². The number of thiocarbonyl (C=S) groups is 1. The van der Waals surface area contributed by atoms with Crippen LogP contribution < -0.4 is 10.6 Å². The van der Waals surface area contributed by atoms with Gasteiger partial charge in [0.05, 0.1) is 5.56 Å². The number of para-hydroxylation sites is 1. The van der Waals surface area contributed by atoms with Gasteiger partial charge in [-0.1, -0.05) is 30.3 Å². The Labute approximate surface area is 145 Å². The van der Waals surface area contributed by atoms with Crippen LogP contribution in [0.25, 0.3) is 0 Å². The Morgan fingerprint density at radius 2 is 1.58 bits per heavy atom. The van der Waals surface area contributed by atoms with Crippen LogP contribution in [0.5, 0.6) is 0 Å². The van der Waals surface area contributed by atoms with Crippen molar-refractivity contribution in [1.29, 1.82) is 0 Å². The summed E-state index contributed by atoms with van der Waals surface area (Å²) in [5, 5.41) is 6.74. The summed E-state index contributed by atoms with van der Waals surface area (Å²) in [7, 11) is 0. The topological polar surface area (TPSA) is 24.1 Å². The zero-order chi connectivity index (χ0) is 17.7. The van der Waals surface area contributed by atoms with Crippen molar-refractivity contribution in [3.8, 4) is 0 Å². The molecule has 2 aromatic rings. The van der Waals surface area contributed by atoms with E-state index < -0.39 is 11.7 Å². The number of aryl methyl sites for hydroxylation is 2. The molecule has 0 unspecified atom stereocenters. The number of anilines is 1. The van der Waals surface area contributed by atoms with Gasteiger partial charge in [-0.15, -0.1) is 0 Å². The second-order valence-electron chi connectivity index (χ2n) is 5.59. The summed E-state index contributed by atoms with van der Waals surface area (Å²) in [4.78, 5) is 0. The second kappa shape index (κ2) is 7.66. The minimum absolute atomic E-state index is 0.499. The fourth-order valence-electron chi connectivity index (χ4n) is 2.35. The first-order valence-corrected chi connectivity index (χ1v) is 7.95. The van der Waals surface area contributed by atoms with E-state index in [1.165, 1.54) is 12.1 Å². The molecule has 0 fully saturated rings. The van der Waals surface area contributed by atoms with Crippen molar-refractivity contribution < 1.29 is 13.2 Å². The summed E-state index contributed by atoms with van der Waals surface area (Å²) < 4.78 is 37.5. The summed E-state index contributed by atoms with van der Waals surface area (Å²) in [6.45, 7) is 4.54. The molecular weight excluding hydrogens is 333 g/mol. The van der Waals surface area contributed by atoms with E-state index in [2.05, 4.69) is 10.6 Å². The molecule has 0 aliphatic heterocycles. The Balaban J connectivity index is 1.85. The maximum absolute atomic E-state index is 12.5. The molecule has 0 atom stereocenters. The maximum Gasteiger partial charge on any atom is 0.416 e. The predicted octanol–water partition coefficient (Wildman–Crippen LogP) is 4.85. The van der Waals surface area contributed by atoms with Gasteiger partial charge in [-0.3, -0.25) is 0 Å². The Morgan fingerprint density at radius 3 is 2.12 bits per heavy atom. The number of halogens is 3. The lowest BCUT2D eigenvalue weighted by molar-refractivity contribution is -0.137. The van der Waals surface area contributed by atoms with Gasteiger partial charge in [0.1, 0.15) is 0 Å². The lowest BCUT2D eigenvalue weighted by Gasteiger charge is -2.15. The van der Waals surface area contributed by atoms with Gasteiger partial charge in [0.25, 0.3) is 0 Å². The lowest BCUT2D eigenvalue weighted by atomic mass is 10.1. The Morgan fingerprint density at radius 1 is 1.00 bits per heavy atom. The van der Waals surface area contributed by atoms with Crippen LogP contribution in [0.15, 0.2) is 42.5 Å². The third-order valence-corrected chi connectivity index (χ3v) is 3.95. The van der Waals surface area contributed by atoms with Crippen LogP contribution in [0.4, 0.5) is 18.9 Å². The summed E-state index contributed by atoms with van der Waals surface area (Å²) in [6.07, 6.45) is -3.71. The van der Waals surface area contributed by atoms with Crippen LogP contribution in [0.3, 0.4) is 0 Å². The first-order chi connectivity index (χ1) is 11.3. The minimum Gasteiger partial charge on any atom is -0.362 e. The normalized spacial score (nSPS) is 11.2. The predicted molar refractivity (Wildman–Crippen MR) is 95.3 cm³/mol. The first-order valence-electron chi connectivity index (χ1n) is 7.54. The highest BCUT2D eigenvalue weighted by molar-refractivity contribution is 7.80. The molecule has 24 heavy (non-hydrogen) atoms. The standard InChI is InChI=1S/C18H19F3N2S/c1-12-4-3-5-13(2)16(12)23-17(24)22-11-10-14-6-8-15(9-7-14)18(19,20)21/h3-9H,10-11H2,1-2H3,(H2,22,23,24). The molecule has 0 saturated carbocycles. The summed E-state index contributed by atoms with van der Waals surface area (Å²) >= 11 is 5.27. The minimum atomic E-state index is -4.30. The summed E-state index contributed by atoms with van der Waals surface area (Å²) in [5.74, 6) is 0. The van der Waals surface area contributed by atoms with Crippen molar-refractivity contribution >= 4 is 23.0 Å². The molecule has 2 aromatic carbocycles. The van der Waals surface area contributed by atoms with E-state index >= 15 is 0 Å². The Bertz CT molecular complexity index is 689. The van der Waals surface area contributed by atoms with Crippen molar-refractivity contribution in [2.45, 2.75) is 26.4 Å². The van der Waals surface area contributed by atoms with Gasteiger partial charge >= 0.3 is 6.18 Å². The molecule has 0 radical (unpaired) electrons. The lowest BCUT2D eigenvalue weighted by Crippen LogP contribution is -2.30. The zero-order valence-corrected chi connectivity index (χ0v) is 14.3. The molecule has 0 heterocycles. The average molecular weight is 352 g/mol. The van der Waals surface area contributed by atoms with Gasteiger partial charge in [-0.25, -0.2) is 0 Å². The van der Waals surface area contributed by atoms with Crippen molar-refractivity contribution in [1.82, 2.24) is 5.32 Å². The molecule has 128 valence electrons. The second-order valence-corrected chi connectivity index (χ2v) is 6.00. The van der Waals surface area contributed by atoms with E-state index in [0.29, 0.717) is 18.1 Å². The fraction of sp³-hybridized carbons (Fsp3) is 0.278. The van der Waals surface area contributed by atoms with E-state index in [-0.39, 0.29) is 0 Å². The number of alkyl halides is 3. The number of hydrogen-bond acceptors (Lipinski definition) is 1. The monoisotopic (exact) mass is 352 g/mol. The molecule has 0 aliphatic rings. The number of hydrogen-bond donors (Lipinski definition) is 2. The van der Waals surface area contributed by atoms with E-state index in [4.69, 9.17) is 12.2 Å². The first kappa shape index (κ1) is 18.3. The van der Waals surface area contributed by atoms with Crippen LogP contribution in [0.2, 0.25) is 0 Å². The van der Waals surface area contributed by atoms with Gasteiger partial charge < -0.3 is 10.6 Å². The third-order valence-electron chi connectivity index (χ3n) is 3.70. The van der Waals surface area contributed by atoms with Crippen LogP contribution >= 0.6 is 12.2 Å². The van der Waals surface area contributed by atoms with E-state index in [1.54, 1.807) is 0 Å². The molecule has 0 saturated heterocycles. The quantitative estimate of drug-likeness (QED) is 0.769. The fourth-order valence-corrected chi connectivity index (χ4v) is 2.55. The third kappa shape index (κ3) is 4.96. The van der Waals surface area contributed by atoms with E-state index in [9.17, 15) is 13.2 Å². The molecular formula is C18H19F3N2S. The maximum atomic E-state index is 12.5. The van der Waals surface area contributed by atoms with Crippen LogP contribution in [-0.4, -0.2) is 11.7 Å². The molecule has 2 rings (SSSR count). The molecule has 0 bridgehead atoms. The molecule has 0 aromatic heterocycles. The number of benzene rings is 2. The SMILES string of the molecule is Cc1cccc(C)c1NC(=S)NCCc1ccc(C(F)(F)F)cc1. The Hall–Kier alpha value is -2.08. The molecule has 2 nitrogen and oxygen atoms in total. The Kier molecular flexibility index (Phi) is 5.83. The summed E-state index contributed by atoms with van der Waals surface area (Å²) in [5.41, 5.74) is 3.37. The van der Waals surface area contributed by atoms with E-state index in [0.717, 1.165) is 34.5 Å². The van der Waals surface area contributed by atoms with Gasteiger partial charge in [0.15, 0.2) is 5.11 Å². The van der Waals surface area contributed by atoms with Crippen molar-refractivity contribution in [2.24, 2.45) is 0 Å². The largest absolute Gasteiger partial charge is 0.416 e. The van der Waals surface area contributed by atoms with Crippen molar-refractivity contribution in [2.75, 3.05) is 11.9 Å². The molecule has 6 heteroatoms. The highest BCUT2D eigenvalue weighted by Gasteiger charge is 2.29. The molecule has 0 spiro atoms. The van der Waals surface area contributed by atoms with Gasteiger partial charge in [-0.05, 0) is 61.3 Å². The highest BCUT2D eigenvalue weighted by Crippen LogP contribution is 2.29. The summed E-state index contributed by atoms with van der Waals surface area (Å²) in [6, 6.07) is 11.2. The zero-order valence-electron chi connectivity index (χ0n) is 13.5.